The summed E-state index contributed by atoms with van der Waals surface area (Å²) in [4.78, 5) is 12.4. The Kier molecular flexibility index (Phi) is 6.07. The lowest BCUT2D eigenvalue weighted by molar-refractivity contribution is 0.0950. The highest BCUT2D eigenvalue weighted by Gasteiger charge is 2.11. The van der Waals surface area contributed by atoms with E-state index in [2.05, 4.69) is 10.5 Å². The number of para-hydroxylation sites is 1. The van der Waals surface area contributed by atoms with Gasteiger partial charge < -0.3 is 9.84 Å². The first-order valence-corrected chi connectivity index (χ1v) is 8.58. The van der Waals surface area contributed by atoms with E-state index in [9.17, 15) is 9.90 Å². The van der Waals surface area contributed by atoms with Crippen molar-refractivity contribution in [1.29, 1.82) is 0 Å². The summed E-state index contributed by atoms with van der Waals surface area (Å²) in [6, 6.07) is 20.8. The zero-order chi connectivity index (χ0) is 19.1. The Morgan fingerprint density at radius 1 is 1.07 bits per heavy atom. The van der Waals surface area contributed by atoms with Gasteiger partial charge in [-0.25, -0.2) is 5.43 Å². The second-order valence-corrected chi connectivity index (χ2v) is 6.14. The van der Waals surface area contributed by atoms with Gasteiger partial charge in [0, 0.05) is 5.02 Å². The number of aromatic hydroxyl groups is 1. The third-order valence-electron chi connectivity index (χ3n) is 3.69. The number of carbonyl (C=O) groups is 1. The van der Waals surface area contributed by atoms with E-state index in [1.54, 1.807) is 60.7 Å². The molecule has 5 nitrogen and oxygen atoms in total. The van der Waals surface area contributed by atoms with E-state index < -0.39 is 5.91 Å². The number of phenols is 1. The fourth-order valence-electron chi connectivity index (χ4n) is 2.35. The Labute approximate surface area is 161 Å². The average Bonchev–Trinajstić information content (AvgIpc) is 2.68. The third-order valence-corrected chi connectivity index (χ3v) is 3.94. The van der Waals surface area contributed by atoms with Crippen LogP contribution >= 0.6 is 11.6 Å². The van der Waals surface area contributed by atoms with E-state index in [1.165, 1.54) is 6.21 Å². The van der Waals surface area contributed by atoms with Crippen molar-refractivity contribution in [3.8, 4) is 11.5 Å². The van der Waals surface area contributed by atoms with Gasteiger partial charge in [-0.05, 0) is 47.5 Å². The minimum Gasteiger partial charge on any atom is -0.508 e. The third kappa shape index (κ3) is 5.33. The number of amides is 1. The maximum Gasteiger partial charge on any atom is 0.275 e. The van der Waals surface area contributed by atoms with Crippen LogP contribution in [0.3, 0.4) is 0 Å². The summed E-state index contributed by atoms with van der Waals surface area (Å²) in [6.07, 6.45) is 1.45. The molecule has 0 aromatic heterocycles. The van der Waals surface area contributed by atoms with Gasteiger partial charge in [0.1, 0.15) is 18.1 Å². The molecule has 1 amide bonds. The van der Waals surface area contributed by atoms with Gasteiger partial charge in [-0.2, -0.15) is 5.10 Å². The highest BCUT2D eigenvalue weighted by Crippen LogP contribution is 2.20. The smallest absolute Gasteiger partial charge is 0.275 e. The summed E-state index contributed by atoms with van der Waals surface area (Å²) < 4.78 is 5.78. The molecule has 6 heteroatoms. The maximum absolute atomic E-state index is 12.4. The van der Waals surface area contributed by atoms with Crippen molar-refractivity contribution in [3.05, 3.63) is 94.5 Å². The monoisotopic (exact) mass is 380 g/mol. The van der Waals surface area contributed by atoms with Gasteiger partial charge in [0.2, 0.25) is 0 Å². The number of hydrogen-bond acceptors (Lipinski definition) is 4. The van der Waals surface area contributed by atoms with E-state index >= 15 is 0 Å². The standard InChI is InChI=1S/C21H17ClN2O3/c22-17-10-8-15(9-11-17)14-27-20-7-2-1-6-19(20)21(26)24-23-13-16-4-3-5-18(25)12-16/h1-13,25H,14H2,(H,24,26)/b23-13-. The minimum atomic E-state index is -0.391. The van der Waals surface area contributed by atoms with Gasteiger partial charge in [-0.1, -0.05) is 48.0 Å². The Bertz CT molecular complexity index is 956. The molecule has 0 aliphatic heterocycles. The van der Waals surface area contributed by atoms with Crippen molar-refractivity contribution in [2.45, 2.75) is 6.61 Å². The number of ether oxygens (including phenoxy) is 1. The molecule has 3 aromatic carbocycles. The van der Waals surface area contributed by atoms with Crippen molar-refractivity contribution in [2.24, 2.45) is 5.10 Å². The predicted octanol–water partition coefficient (Wildman–Crippen LogP) is 4.39. The van der Waals surface area contributed by atoms with E-state index in [0.29, 0.717) is 28.5 Å². The van der Waals surface area contributed by atoms with Gasteiger partial charge in [-0.15, -0.1) is 0 Å². The van der Waals surface area contributed by atoms with Crippen LogP contribution in [-0.4, -0.2) is 17.2 Å². The van der Waals surface area contributed by atoms with Crippen LogP contribution in [0.25, 0.3) is 0 Å². The normalized spacial score (nSPS) is 10.7. The number of halogens is 1. The minimum absolute atomic E-state index is 0.131. The van der Waals surface area contributed by atoms with Crippen molar-refractivity contribution < 1.29 is 14.6 Å². The Morgan fingerprint density at radius 3 is 2.63 bits per heavy atom. The quantitative estimate of drug-likeness (QED) is 0.492. The lowest BCUT2D eigenvalue weighted by atomic mass is 10.2. The van der Waals surface area contributed by atoms with Gasteiger partial charge >= 0.3 is 0 Å². The number of hydrazone groups is 1. The first-order chi connectivity index (χ1) is 13.1. The topological polar surface area (TPSA) is 70.9 Å². The molecule has 0 spiro atoms. The SMILES string of the molecule is O=C(N/N=C\c1cccc(O)c1)c1ccccc1OCc1ccc(Cl)cc1. The zero-order valence-corrected chi connectivity index (χ0v) is 15.1. The van der Waals surface area contributed by atoms with Crippen LogP contribution in [0.1, 0.15) is 21.5 Å². The fraction of sp³-hybridized carbons (Fsp3) is 0.0476. The number of nitrogens with zero attached hydrogens (tertiary/aromatic N) is 1. The summed E-state index contributed by atoms with van der Waals surface area (Å²) in [5.41, 5.74) is 4.45. The predicted molar refractivity (Wildman–Crippen MR) is 105 cm³/mol. The maximum atomic E-state index is 12.4. The molecule has 0 aliphatic rings. The van der Waals surface area contributed by atoms with Gasteiger partial charge in [0.05, 0.1) is 11.8 Å². The molecule has 136 valence electrons. The van der Waals surface area contributed by atoms with Crippen LogP contribution in [-0.2, 0) is 6.61 Å². The van der Waals surface area contributed by atoms with Crippen molar-refractivity contribution in [2.75, 3.05) is 0 Å². The highest BCUT2D eigenvalue weighted by atomic mass is 35.5. The molecule has 3 rings (SSSR count). The molecule has 0 fully saturated rings. The van der Waals surface area contributed by atoms with E-state index in [1.807, 2.05) is 12.1 Å². The summed E-state index contributed by atoms with van der Waals surface area (Å²) in [6.45, 7) is 0.314. The molecule has 0 atom stereocenters. The lowest BCUT2D eigenvalue weighted by Gasteiger charge is -2.10. The van der Waals surface area contributed by atoms with Crippen LogP contribution in [0.4, 0.5) is 0 Å². The number of rotatable bonds is 6. The fourth-order valence-corrected chi connectivity index (χ4v) is 2.48. The van der Waals surface area contributed by atoms with E-state index in [0.717, 1.165) is 5.56 Å². The van der Waals surface area contributed by atoms with E-state index in [-0.39, 0.29) is 5.75 Å². The van der Waals surface area contributed by atoms with Crippen molar-refractivity contribution in [1.82, 2.24) is 5.43 Å². The molecule has 2 N–H and O–H groups in total. The summed E-state index contributed by atoms with van der Waals surface area (Å²) in [5.74, 6) is 0.196. The summed E-state index contributed by atoms with van der Waals surface area (Å²) in [7, 11) is 0. The highest BCUT2D eigenvalue weighted by molar-refractivity contribution is 6.30. The molecular weight excluding hydrogens is 364 g/mol. The van der Waals surface area contributed by atoms with Crippen LogP contribution in [0.15, 0.2) is 77.9 Å². The second kappa shape index (κ2) is 8.87. The summed E-state index contributed by atoms with van der Waals surface area (Å²) >= 11 is 5.88. The number of benzene rings is 3. The molecule has 0 aliphatic carbocycles. The average molecular weight is 381 g/mol. The van der Waals surface area contributed by atoms with Crippen LogP contribution < -0.4 is 10.2 Å². The summed E-state index contributed by atoms with van der Waals surface area (Å²) in [5, 5.41) is 14.0. The van der Waals surface area contributed by atoms with Crippen LogP contribution in [0.5, 0.6) is 11.5 Å². The first kappa shape index (κ1) is 18.5. The zero-order valence-electron chi connectivity index (χ0n) is 14.3. The molecule has 3 aromatic rings. The first-order valence-electron chi connectivity index (χ1n) is 8.20. The lowest BCUT2D eigenvalue weighted by Crippen LogP contribution is -2.18. The largest absolute Gasteiger partial charge is 0.508 e. The Hall–Kier alpha value is -3.31. The molecule has 0 bridgehead atoms. The van der Waals surface area contributed by atoms with Crippen molar-refractivity contribution in [3.63, 3.8) is 0 Å². The number of nitrogens with one attached hydrogen (secondary N) is 1. The van der Waals surface area contributed by atoms with Gasteiger partial charge in [-0.3, -0.25) is 4.79 Å². The Morgan fingerprint density at radius 2 is 1.85 bits per heavy atom. The number of hydrogen-bond donors (Lipinski definition) is 2. The van der Waals surface area contributed by atoms with Crippen LogP contribution in [0, 0.1) is 0 Å². The molecule has 27 heavy (non-hydrogen) atoms. The van der Waals surface area contributed by atoms with Crippen LogP contribution in [0.2, 0.25) is 5.02 Å². The molecule has 0 unspecified atom stereocenters. The second-order valence-electron chi connectivity index (χ2n) is 5.71. The number of carbonyl (C=O) groups excluding carboxylic acids is 1. The molecule has 0 radical (unpaired) electrons. The van der Waals surface area contributed by atoms with Crippen molar-refractivity contribution >= 4 is 23.7 Å². The van der Waals surface area contributed by atoms with Gasteiger partial charge in [0.25, 0.3) is 5.91 Å². The van der Waals surface area contributed by atoms with E-state index in [4.69, 9.17) is 16.3 Å². The number of phenolic OH excluding ortho intramolecular Hbond substituents is 1. The Balaban J connectivity index is 1.65. The molecule has 0 saturated carbocycles. The molecule has 0 saturated heterocycles. The molecular formula is C21H17ClN2O3. The van der Waals surface area contributed by atoms with Gasteiger partial charge in [0.15, 0.2) is 0 Å². The molecule has 0 heterocycles.